The molecule has 0 spiro atoms. The van der Waals surface area contributed by atoms with E-state index < -0.39 is 28.2 Å². The van der Waals surface area contributed by atoms with Crippen LogP contribution in [0.1, 0.15) is 40.5 Å². The number of amides is 1. The van der Waals surface area contributed by atoms with Crippen LogP contribution in [-0.4, -0.2) is 59.3 Å². The van der Waals surface area contributed by atoms with Gasteiger partial charge in [-0.05, 0) is 25.7 Å². The highest BCUT2D eigenvalue weighted by atomic mass is 32.2. The van der Waals surface area contributed by atoms with Crippen LogP contribution in [0.15, 0.2) is 10.6 Å². The molecule has 2 heterocycles. The molecule has 28 heavy (non-hydrogen) atoms. The summed E-state index contributed by atoms with van der Waals surface area (Å²) in [5, 5.41) is 24.6. The van der Waals surface area contributed by atoms with Gasteiger partial charge in [0.15, 0.2) is 0 Å². The molecule has 0 aromatic heterocycles. The third-order valence-corrected chi connectivity index (χ3v) is 7.61. The Morgan fingerprint density at radius 2 is 2.00 bits per heavy atom. The third kappa shape index (κ3) is 4.70. The molecule has 6 atom stereocenters. The second-order valence-corrected chi connectivity index (χ2v) is 10.4. The molecular weight excluding hydrogens is 406 g/mol. The smallest absolute Gasteiger partial charge is 0.353 e. The predicted octanol–water partition coefficient (Wildman–Crippen LogP) is 0.471. The van der Waals surface area contributed by atoms with E-state index in [0.29, 0.717) is 11.3 Å². The minimum atomic E-state index is -3.75. The summed E-state index contributed by atoms with van der Waals surface area (Å²) in [6.45, 7) is 7.51. The number of nitrogens with zero attached hydrogens (tertiary/aromatic N) is 1. The van der Waals surface area contributed by atoms with E-state index in [4.69, 9.17) is 5.14 Å². The van der Waals surface area contributed by atoms with E-state index in [0.717, 1.165) is 6.42 Å². The zero-order chi connectivity index (χ0) is 21.4. The Labute approximate surface area is 169 Å². The number of β-lactam (4-membered cyclic amide) rings is 1. The fourth-order valence-electron chi connectivity index (χ4n) is 3.95. The molecule has 0 aromatic carbocycles. The summed E-state index contributed by atoms with van der Waals surface area (Å²) in [6.07, 6.45) is 0.582. The van der Waals surface area contributed by atoms with Crippen molar-refractivity contribution in [2.24, 2.45) is 22.9 Å². The van der Waals surface area contributed by atoms with Crippen molar-refractivity contribution in [3.8, 4) is 0 Å². The lowest BCUT2D eigenvalue weighted by atomic mass is 9.79. The lowest BCUT2D eigenvalue weighted by molar-refractivity contribution is -0.163. The minimum Gasteiger partial charge on any atom is -0.477 e. The molecule has 0 aliphatic carbocycles. The number of nitrogens with one attached hydrogen (secondary N) is 1. The summed E-state index contributed by atoms with van der Waals surface area (Å²) >= 11 is 1.44. The molecule has 1 fully saturated rings. The van der Waals surface area contributed by atoms with E-state index in [-0.39, 0.29) is 41.3 Å². The number of aliphatic hydroxyl groups is 1. The van der Waals surface area contributed by atoms with Gasteiger partial charge in [-0.2, -0.15) is 8.42 Å². The summed E-state index contributed by atoms with van der Waals surface area (Å²) in [6, 6.07) is -0.333. The molecule has 0 aromatic rings. The first kappa shape index (κ1) is 23.1. The van der Waals surface area contributed by atoms with Gasteiger partial charge in [-0.1, -0.05) is 20.8 Å². The summed E-state index contributed by atoms with van der Waals surface area (Å²) in [4.78, 5) is 26.2. The summed E-state index contributed by atoms with van der Waals surface area (Å²) in [5.41, 5.74) is 0.0122. The van der Waals surface area contributed by atoms with Crippen molar-refractivity contribution in [2.45, 2.75) is 57.9 Å². The molecule has 0 radical (unpaired) electrons. The van der Waals surface area contributed by atoms with Gasteiger partial charge in [-0.3, -0.25) is 4.79 Å². The molecular formula is C17H29N3O6S2. The summed E-state index contributed by atoms with van der Waals surface area (Å²) in [7, 11) is -3.75. The van der Waals surface area contributed by atoms with Crippen LogP contribution in [0.25, 0.3) is 0 Å². The largest absolute Gasteiger partial charge is 0.477 e. The van der Waals surface area contributed by atoms with Gasteiger partial charge in [0.1, 0.15) is 5.70 Å². The van der Waals surface area contributed by atoms with E-state index in [1.54, 1.807) is 6.92 Å². The predicted molar refractivity (Wildman–Crippen MR) is 106 cm³/mol. The number of fused-ring (bicyclic) bond motifs is 1. The highest BCUT2D eigenvalue weighted by Crippen LogP contribution is 2.51. The van der Waals surface area contributed by atoms with Crippen LogP contribution in [0.5, 0.6) is 0 Å². The van der Waals surface area contributed by atoms with Crippen molar-refractivity contribution in [1.29, 1.82) is 0 Å². The van der Waals surface area contributed by atoms with Gasteiger partial charge in [0.25, 0.3) is 10.2 Å². The number of hydrogen-bond acceptors (Lipinski definition) is 6. The number of aliphatic carboxylic acids is 1. The number of rotatable bonds is 10. The Bertz CT molecular complexity index is 767. The number of hydrogen-bond donors (Lipinski definition) is 4. The first-order valence-electron chi connectivity index (χ1n) is 9.31. The maximum atomic E-state index is 12.4. The Kier molecular flexibility index (Phi) is 7.19. The van der Waals surface area contributed by atoms with E-state index in [1.807, 2.05) is 20.8 Å². The molecule has 1 saturated heterocycles. The Morgan fingerprint density at radius 3 is 2.46 bits per heavy atom. The molecule has 2 aliphatic heterocycles. The molecule has 2 unspecified atom stereocenters. The fourth-order valence-corrected chi connectivity index (χ4v) is 6.07. The van der Waals surface area contributed by atoms with E-state index in [2.05, 4.69) is 4.72 Å². The Balaban J connectivity index is 2.15. The number of carboxylic acids is 1. The number of nitrogens with two attached hydrogens (primary N) is 1. The summed E-state index contributed by atoms with van der Waals surface area (Å²) < 4.78 is 24.4. The molecule has 0 bridgehead atoms. The number of carbonyl (C=O) groups excluding carboxylic acids is 1. The van der Waals surface area contributed by atoms with E-state index in [9.17, 15) is 28.2 Å². The molecule has 160 valence electrons. The zero-order valence-electron chi connectivity index (χ0n) is 16.5. The van der Waals surface area contributed by atoms with Gasteiger partial charge in [-0.25, -0.2) is 14.7 Å². The maximum absolute atomic E-state index is 12.4. The molecule has 0 saturated carbocycles. The van der Waals surface area contributed by atoms with Crippen molar-refractivity contribution in [2.75, 3.05) is 6.54 Å². The Morgan fingerprint density at radius 1 is 1.39 bits per heavy atom. The molecule has 11 heteroatoms. The first-order valence-corrected chi connectivity index (χ1v) is 11.7. The average molecular weight is 436 g/mol. The quantitative estimate of drug-likeness (QED) is 0.364. The monoisotopic (exact) mass is 435 g/mol. The second kappa shape index (κ2) is 8.70. The second-order valence-electron chi connectivity index (χ2n) is 7.65. The Hall–Kier alpha value is -1.14. The fraction of sp³-hybridized carbons (Fsp3) is 0.765. The van der Waals surface area contributed by atoms with Crippen LogP contribution in [0.3, 0.4) is 0 Å². The van der Waals surface area contributed by atoms with Gasteiger partial charge < -0.3 is 15.1 Å². The lowest BCUT2D eigenvalue weighted by Gasteiger charge is -2.46. The van der Waals surface area contributed by atoms with Crippen LogP contribution in [0, 0.1) is 17.8 Å². The zero-order valence-corrected chi connectivity index (χ0v) is 18.1. The third-order valence-electron chi connectivity index (χ3n) is 5.36. The van der Waals surface area contributed by atoms with Gasteiger partial charge in [-0.15, -0.1) is 11.8 Å². The van der Waals surface area contributed by atoms with Crippen molar-refractivity contribution in [3.63, 3.8) is 0 Å². The highest BCUT2D eigenvalue weighted by Gasteiger charge is 2.60. The van der Waals surface area contributed by atoms with Crippen molar-refractivity contribution >= 4 is 33.8 Å². The van der Waals surface area contributed by atoms with Gasteiger partial charge in [0.05, 0.1) is 18.1 Å². The van der Waals surface area contributed by atoms with Crippen LogP contribution in [0.2, 0.25) is 0 Å². The average Bonchev–Trinajstić information content (AvgIpc) is 2.80. The number of thioether (sulfide) groups is 1. The van der Waals surface area contributed by atoms with Crippen molar-refractivity contribution in [1.82, 2.24) is 9.62 Å². The topological polar surface area (TPSA) is 150 Å². The number of aliphatic hydroxyl groups excluding tert-OH is 1. The van der Waals surface area contributed by atoms with Crippen LogP contribution in [-0.2, 0) is 19.8 Å². The van der Waals surface area contributed by atoms with E-state index >= 15 is 0 Å². The van der Waals surface area contributed by atoms with Crippen LogP contribution < -0.4 is 9.86 Å². The maximum Gasteiger partial charge on any atom is 0.353 e. The summed E-state index contributed by atoms with van der Waals surface area (Å²) in [5.74, 6) is -2.25. The number of carboxylic acid groups (broad SMARTS) is 1. The van der Waals surface area contributed by atoms with E-state index in [1.165, 1.54) is 16.7 Å². The van der Waals surface area contributed by atoms with Crippen LogP contribution >= 0.6 is 11.8 Å². The first-order chi connectivity index (χ1) is 12.9. The normalized spacial score (nSPS) is 28.0. The highest BCUT2D eigenvalue weighted by molar-refractivity contribution is 8.03. The van der Waals surface area contributed by atoms with Crippen molar-refractivity contribution < 1.29 is 28.2 Å². The molecule has 9 nitrogen and oxygen atoms in total. The van der Waals surface area contributed by atoms with Crippen LogP contribution in [0.4, 0.5) is 0 Å². The SMILES string of the molecule is CCC(C[C@H](C)CNS(N)(=O)=O)SC1=C(C(=O)O)N2C(=O)[C@H]([C@@H](C)O)C2[C@H]1C. The van der Waals surface area contributed by atoms with Crippen molar-refractivity contribution in [3.05, 3.63) is 10.6 Å². The minimum absolute atomic E-state index is 0.00485. The molecule has 2 aliphatic rings. The standard InChI is InChI=1S/C17H29N3O6S2/c1-5-11(6-8(2)7-19-28(18,25)26)27-15-9(3)13-12(10(4)21)16(22)20(13)14(15)17(23)24/h8-13,19,21H,5-7H2,1-4H3,(H,23,24)(H2,18,25,26)/t8-,9+,10+,11?,12+,13?/m0/s1. The van der Waals surface area contributed by atoms with Gasteiger partial charge in [0.2, 0.25) is 5.91 Å². The van der Waals surface area contributed by atoms with Gasteiger partial charge >= 0.3 is 5.97 Å². The number of carbonyl (C=O) groups is 2. The molecule has 1 amide bonds. The van der Waals surface area contributed by atoms with Gasteiger partial charge in [0, 0.05) is 22.6 Å². The molecule has 5 N–H and O–H groups in total. The lowest BCUT2D eigenvalue weighted by Crippen LogP contribution is -2.63. The molecule has 2 rings (SSSR count).